The molecule has 0 amide bonds. The molecule has 0 bridgehead atoms. The van der Waals surface area contributed by atoms with Gasteiger partial charge in [0.15, 0.2) is 0 Å². The van der Waals surface area contributed by atoms with Crippen LogP contribution in [0.25, 0.3) is 0 Å². The van der Waals surface area contributed by atoms with Crippen molar-refractivity contribution in [1.29, 1.82) is 0 Å². The molecule has 3 aliphatic carbocycles. The average Bonchev–Trinajstić information content (AvgIpc) is 3.13. The number of benzene rings is 2. The normalized spacial score (nSPS) is 31.7. The molecule has 3 N–H and O–H groups in total. The molecule has 5 atom stereocenters. The Morgan fingerprint density at radius 2 is 2.00 bits per heavy atom. The summed E-state index contributed by atoms with van der Waals surface area (Å²) in [6.45, 7) is 6.53. The van der Waals surface area contributed by atoms with E-state index in [1.807, 2.05) is 12.1 Å². The van der Waals surface area contributed by atoms with E-state index >= 15 is 0 Å². The Bertz CT molecular complexity index is 1320. The van der Waals surface area contributed by atoms with Crippen molar-refractivity contribution >= 4 is 27.6 Å². The maximum Gasteiger partial charge on any atom is 0.339 e. The Kier molecular flexibility index (Phi) is 5.81. The highest BCUT2D eigenvalue weighted by molar-refractivity contribution is 7.89. The number of aryl methyl sites for hydroxylation is 1. The summed E-state index contributed by atoms with van der Waals surface area (Å²) in [6.07, 6.45) is 7.15. The molecule has 0 heterocycles. The lowest BCUT2D eigenvalue weighted by molar-refractivity contribution is 0.0267. The van der Waals surface area contributed by atoms with Gasteiger partial charge in [-0.1, -0.05) is 30.7 Å². The Hall–Kier alpha value is -2.35. The Morgan fingerprint density at radius 1 is 1.23 bits per heavy atom. The summed E-state index contributed by atoms with van der Waals surface area (Å²) in [6, 6.07) is 9.49. The van der Waals surface area contributed by atoms with Gasteiger partial charge < -0.3 is 9.84 Å². The predicted molar refractivity (Wildman–Crippen MR) is 134 cm³/mol. The second-order valence-corrected chi connectivity index (χ2v) is 12.6. The van der Waals surface area contributed by atoms with Crippen LogP contribution in [0, 0.1) is 17.3 Å². The molecule has 2 aromatic rings. The number of halogens is 1. The van der Waals surface area contributed by atoms with Crippen LogP contribution in [0.3, 0.4) is 0 Å². The Morgan fingerprint density at radius 3 is 2.71 bits per heavy atom. The number of phenols is 1. The van der Waals surface area contributed by atoms with Crippen molar-refractivity contribution in [3.05, 3.63) is 70.8 Å². The summed E-state index contributed by atoms with van der Waals surface area (Å²) in [4.78, 5) is 12.8. The number of fused-ring (bicyclic) bond motifs is 5. The lowest BCUT2D eigenvalue weighted by Gasteiger charge is -2.55. The van der Waals surface area contributed by atoms with E-state index in [0.29, 0.717) is 17.6 Å². The van der Waals surface area contributed by atoms with Crippen molar-refractivity contribution in [3.63, 3.8) is 0 Å². The maximum absolute atomic E-state index is 13.0. The lowest BCUT2D eigenvalue weighted by Crippen LogP contribution is -2.49. The van der Waals surface area contributed by atoms with Crippen LogP contribution in [0.4, 0.5) is 0 Å². The second kappa shape index (κ2) is 8.36. The fourth-order valence-electron chi connectivity index (χ4n) is 7.15. The molecule has 2 aromatic carbocycles. The first-order valence-electron chi connectivity index (χ1n) is 12.0. The van der Waals surface area contributed by atoms with Crippen molar-refractivity contribution in [2.45, 2.75) is 61.9 Å². The number of phenolic OH excluding ortho intramolecular Hbond substituents is 1. The number of sulfonamides is 1. The first-order valence-corrected chi connectivity index (χ1v) is 13.9. The Balaban J connectivity index is 1.41. The highest BCUT2D eigenvalue weighted by Gasteiger charge is 2.58. The minimum atomic E-state index is -3.97. The van der Waals surface area contributed by atoms with E-state index in [9.17, 15) is 18.3 Å². The predicted octanol–water partition coefficient (Wildman–Crippen LogP) is 5.11. The van der Waals surface area contributed by atoms with Crippen LogP contribution < -0.4 is 5.14 Å². The number of carbonyl (C=O) groups is 1. The van der Waals surface area contributed by atoms with E-state index in [2.05, 4.69) is 19.6 Å². The molecule has 6 nitrogen and oxygen atoms in total. The fraction of sp³-hybridized carbons (Fsp3) is 0.444. The van der Waals surface area contributed by atoms with Gasteiger partial charge in [-0.15, -0.1) is 6.58 Å². The molecule has 35 heavy (non-hydrogen) atoms. The van der Waals surface area contributed by atoms with E-state index in [-0.39, 0.29) is 32.4 Å². The number of hydrogen-bond acceptors (Lipinski definition) is 5. The number of nitrogens with two attached hydrogens (primary N) is 1. The van der Waals surface area contributed by atoms with Crippen LogP contribution in [0.15, 0.2) is 53.9 Å². The van der Waals surface area contributed by atoms with E-state index in [1.165, 1.54) is 29.3 Å². The molecule has 186 valence electrons. The van der Waals surface area contributed by atoms with Crippen LogP contribution >= 0.6 is 11.6 Å². The number of primary sulfonamides is 1. The van der Waals surface area contributed by atoms with Crippen molar-refractivity contribution < 1.29 is 23.1 Å². The second-order valence-electron chi connectivity index (χ2n) is 10.6. The fourth-order valence-corrected chi connectivity index (χ4v) is 7.88. The van der Waals surface area contributed by atoms with Crippen molar-refractivity contribution in [3.8, 4) is 5.75 Å². The minimum Gasteiger partial charge on any atom is -0.508 e. The number of esters is 1. The van der Waals surface area contributed by atoms with Crippen LogP contribution in [-0.2, 0) is 26.6 Å². The highest BCUT2D eigenvalue weighted by atomic mass is 35.5. The summed E-state index contributed by atoms with van der Waals surface area (Å²) in [5.41, 5.74) is 2.33. The van der Waals surface area contributed by atoms with E-state index in [0.717, 1.165) is 38.5 Å². The van der Waals surface area contributed by atoms with Gasteiger partial charge in [0, 0.05) is 5.41 Å². The molecule has 3 aliphatic rings. The molecule has 0 aromatic heterocycles. The molecule has 0 aliphatic heterocycles. The number of allylic oxidation sites excluding steroid dienone is 1. The van der Waals surface area contributed by atoms with Gasteiger partial charge >= 0.3 is 5.97 Å². The number of ether oxygens (including phenoxy) is 1. The van der Waals surface area contributed by atoms with Gasteiger partial charge in [0.1, 0.15) is 11.9 Å². The third-order valence-electron chi connectivity index (χ3n) is 8.80. The largest absolute Gasteiger partial charge is 0.508 e. The number of hydrogen-bond donors (Lipinski definition) is 2. The molecule has 8 heteroatoms. The molecule has 0 saturated heterocycles. The Labute approximate surface area is 211 Å². The highest BCUT2D eigenvalue weighted by Crippen LogP contribution is 2.64. The van der Waals surface area contributed by atoms with Crippen LogP contribution in [0.1, 0.15) is 60.5 Å². The molecule has 2 saturated carbocycles. The quantitative estimate of drug-likeness (QED) is 0.434. The first-order chi connectivity index (χ1) is 16.5. The number of aromatic hydroxyl groups is 1. The average molecular weight is 516 g/mol. The molecular weight excluding hydrogens is 486 g/mol. The zero-order valence-electron chi connectivity index (χ0n) is 19.7. The standard InChI is InChI=1S/C27H30ClNO5S/c1-3-27-11-10-26(2)15-18(34-25(31)20-14-19(35(29,32)33)6-9-24(20)28)13-23(26)22(27)7-4-16-12-17(30)5-8-21(16)27/h3,5-6,8-9,12,14,18,22-23,30H,1,4,7,10-11,13,15H2,2H3,(H2,29,32,33)/t18-,22?,23?,26-,27-/m1/s1. The molecule has 2 fully saturated rings. The summed E-state index contributed by atoms with van der Waals surface area (Å²) in [7, 11) is -3.97. The summed E-state index contributed by atoms with van der Waals surface area (Å²) >= 11 is 6.20. The van der Waals surface area contributed by atoms with E-state index < -0.39 is 16.0 Å². The van der Waals surface area contributed by atoms with E-state index in [4.69, 9.17) is 21.5 Å². The monoisotopic (exact) mass is 515 g/mol. The summed E-state index contributed by atoms with van der Waals surface area (Å²) in [5.74, 6) is 0.376. The summed E-state index contributed by atoms with van der Waals surface area (Å²) < 4.78 is 29.4. The van der Waals surface area contributed by atoms with Crippen LogP contribution in [0.2, 0.25) is 5.02 Å². The van der Waals surface area contributed by atoms with Gasteiger partial charge in [-0.3, -0.25) is 0 Å². The number of rotatable bonds is 4. The minimum absolute atomic E-state index is 0.00468. The van der Waals surface area contributed by atoms with Gasteiger partial charge in [-0.2, -0.15) is 0 Å². The van der Waals surface area contributed by atoms with Crippen molar-refractivity contribution in [1.82, 2.24) is 0 Å². The smallest absolute Gasteiger partial charge is 0.339 e. The maximum atomic E-state index is 13.0. The zero-order chi connectivity index (χ0) is 25.2. The first kappa shape index (κ1) is 24.3. The molecule has 5 rings (SSSR count). The molecular formula is C27H30ClNO5S. The third-order valence-corrected chi connectivity index (χ3v) is 10.0. The van der Waals surface area contributed by atoms with Crippen molar-refractivity contribution in [2.24, 2.45) is 22.4 Å². The molecule has 0 spiro atoms. The zero-order valence-corrected chi connectivity index (χ0v) is 21.2. The lowest BCUT2D eigenvalue weighted by atomic mass is 9.49. The van der Waals surface area contributed by atoms with E-state index in [1.54, 1.807) is 6.07 Å². The number of carbonyl (C=O) groups excluding carboxylic acids is 1. The van der Waals surface area contributed by atoms with Crippen molar-refractivity contribution in [2.75, 3.05) is 0 Å². The van der Waals surface area contributed by atoms with Gasteiger partial charge in [0.2, 0.25) is 10.0 Å². The van der Waals surface area contributed by atoms with Gasteiger partial charge in [0.25, 0.3) is 0 Å². The molecule has 0 radical (unpaired) electrons. The van der Waals surface area contributed by atoms with Crippen LogP contribution in [-0.4, -0.2) is 25.6 Å². The van der Waals surface area contributed by atoms with Gasteiger partial charge in [-0.25, -0.2) is 18.4 Å². The van der Waals surface area contributed by atoms with Gasteiger partial charge in [0.05, 0.1) is 15.5 Å². The SMILES string of the molecule is C=C[C@]12CC[C@]3(C)C[C@H](OC(=O)c4cc(S(N)(=O)=O)ccc4Cl)CC3C1CCc1cc(O)ccc12. The third kappa shape index (κ3) is 3.98. The molecule has 2 unspecified atom stereocenters. The summed E-state index contributed by atoms with van der Waals surface area (Å²) in [5, 5.41) is 15.3. The topological polar surface area (TPSA) is 107 Å². The van der Waals surface area contributed by atoms with Gasteiger partial charge in [-0.05, 0) is 97.2 Å². The van der Waals surface area contributed by atoms with Crippen LogP contribution in [0.5, 0.6) is 5.75 Å².